The SMILES string of the molecule is CCCCCCCCCCCCCCCCC(=O)OC[C@H](COP(=O)(O)OC[C@@H](O)COP(=O)(O)OC[C@@H](COC(=O)CCCCCCCCCCCC)OC(=O)CCCCCCCCCCCCC)OC(=O)CCCCCCCCCCCCCCCC. The van der Waals surface area contributed by atoms with Gasteiger partial charge in [0.05, 0.1) is 26.4 Å². The summed E-state index contributed by atoms with van der Waals surface area (Å²) in [5.74, 6) is -2.12. The molecular formula is C70H136O17P2. The minimum Gasteiger partial charge on any atom is -0.462 e. The lowest BCUT2D eigenvalue weighted by atomic mass is 10.0. The fraction of sp³-hybridized carbons (Fsp3) is 0.943. The van der Waals surface area contributed by atoms with E-state index < -0.39 is 97.5 Å². The molecule has 0 bridgehead atoms. The van der Waals surface area contributed by atoms with Crippen molar-refractivity contribution >= 4 is 39.5 Å². The number of phosphoric acid groups is 2. The Labute approximate surface area is 543 Å². The number of rotatable bonds is 71. The van der Waals surface area contributed by atoms with Crippen LogP contribution >= 0.6 is 15.6 Å². The lowest BCUT2D eigenvalue weighted by molar-refractivity contribution is -0.161. The van der Waals surface area contributed by atoms with Crippen molar-refractivity contribution in [3.63, 3.8) is 0 Å². The minimum absolute atomic E-state index is 0.108. The van der Waals surface area contributed by atoms with Gasteiger partial charge in [-0.1, -0.05) is 317 Å². The zero-order chi connectivity index (χ0) is 65.4. The van der Waals surface area contributed by atoms with Crippen molar-refractivity contribution in [1.82, 2.24) is 0 Å². The maximum Gasteiger partial charge on any atom is 0.472 e. The molecule has 0 aromatic carbocycles. The van der Waals surface area contributed by atoms with Crippen LogP contribution < -0.4 is 0 Å². The van der Waals surface area contributed by atoms with Crippen LogP contribution in [0.25, 0.3) is 0 Å². The number of hydrogen-bond acceptors (Lipinski definition) is 15. The Morgan fingerprint density at radius 3 is 0.663 bits per heavy atom. The maximum atomic E-state index is 13.0. The molecule has 0 saturated heterocycles. The zero-order valence-corrected chi connectivity index (χ0v) is 59.2. The Balaban J connectivity index is 5.24. The predicted molar refractivity (Wildman–Crippen MR) is 359 cm³/mol. The van der Waals surface area contributed by atoms with E-state index in [0.717, 1.165) is 89.9 Å². The summed E-state index contributed by atoms with van der Waals surface area (Å²) in [6.45, 7) is 4.94. The number of phosphoric ester groups is 2. The molecule has 0 aromatic heterocycles. The highest BCUT2D eigenvalue weighted by Gasteiger charge is 2.30. The van der Waals surface area contributed by atoms with Crippen molar-refractivity contribution < 1.29 is 80.2 Å². The first-order valence-electron chi connectivity index (χ1n) is 36.8. The zero-order valence-electron chi connectivity index (χ0n) is 57.4. The van der Waals surface area contributed by atoms with Gasteiger partial charge in [0.25, 0.3) is 0 Å². The highest BCUT2D eigenvalue weighted by Crippen LogP contribution is 2.45. The lowest BCUT2D eigenvalue weighted by Crippen LogP contribution is -2.30. The molecule has 0 fully saturated rings. The van der Waals surface area contributed by atoms with Crippen molar-refractivity contribution in [2.45, 2.75) is 386 Å². The topological polar surface area (TPSA) is 237 Å². The lowest BCUT2D eigenvalue weighted by Gasteiger charge is -2.21. The summed E-state index contributed by atoms with van der Waals surface area (Å²) in [5.41, 5.74) is 0. The summed E-state index contributed by atoms with van der Waals surface area (Å²) in [7, 11) is -9.89. The summed E-state index contributed by atoms with van der Waals surface area (Å²) in [5, 5.41) is 10.6. The largest absolute Gasteiger partial charge is 0.472 e. The molecule has 0 rings (SSSR count). The van der Waals surface area contributed by atoms with Gasteiger partial charge in [-0.05, 0) is 25.7 Å². The molecule has 0 amide bonds. The summed E-state index contributed by atoms with van der Waals surface area (Å²) in [6, 6.07) is 0. The van der Waals surface area contributed by atoms with Crippen LogP contribution in [0.15, 0.2) is 0 Å². The monoisotopic (exact) mass is 1310 g/mol. The molecule has 0 aromatic rings. The summed E-state index contributed by atoms with van der Waals surface area (Å²) in [4.78, 5) is 72.5. The number of carbonyl (C=O) groups excluding carboxylic acids is 4. The van der Waals surface area contributed by atoms with Gasteiger partial charge < -0.3 is 33.8 Å². The summed E-state index contributed by atoms with van der Waals surface area (Å²) >= 11 is 0. The van der Waals surface area contributed by atoms with Crippen LogP contribution in [0.5, 0.6) is 0 Å². The molecule has 3 N–H and O–H groups in total. The van der Waals surface area contributed by atoms with E-state index in [1.165, 1.54) is 199 Å². The van der Waals surface area contributed by atoms with Gasteiger partial charge in [-0.25, -0.2) is 9.13 Å². The number of hydrogen-bond donors (Lipinski definition) is 3. The Morgan fingerprint density at radius 2 is 0.449 bits per heavy atom. The van der Waals surface area contributed by atoms with Crippen molar-refractivity contribution in [3.8, 4) is 0 Å². The van der Waals surface area contributed by atoms with Gasteiger partial charge in [0.15, 0.2) is 12.2 Å². The Bertz CT molecular complexity index is 1710. The molecule has 528 valence electrons. The Hall–Kier alpha value is -1.94. The molecule has 0 aliphatic rings. The average molecular weight is 1310 g/mol. The molecule has 89 heavy (non-hydrogen) atoms. The standard InChI is InChI=1S/C70H136O17P2/c1-5-9-13-17-21-25-29-31-33-36-39-43-47-51-55-68(73)81-61-66(87-70(75)57-53-49-45-41-37-34-32-30-26-22-18-14-10-6-2)63-85-89(78,79)83-59-64(71)58-82-88(76,77)84-62-65(60-80-67(72)54-50-46-42-38-28-24-20-16-12-8-4)86-69(74)56-52-48-44-40-35-27-23-19-15-11-7-3/h64-66,71H,5-63H2,1-4H3,(H,76,77)(H,78,79)/t64-,65+,66+/m0/s1. The number of ether oxygens (including phenoxy) is 4. The van der Waals surface area contributed by atoms with E-state index in [-0.39, 0.29) is 25.7 Å². The molecule has 0 spiro atoms. The average Bonchev–Trinajstić information content (AvgIpc) is 3.72. The van der Waals surface area contributed by atoms with Crippen LogP contribution in [0, 0.1) is 0 Å². The number of aliphatic hydroxyl groups excluding tert-OH is 1. The summed E-state index contributed by atoms with van der Waals surface area (Å²) < 4.78 is 68.3. The Kier molecular flexibility index (Phi) is 63.3. The van der Waals surface area contributed by atoms with Gasteiger partial charge >= 0.3 is 39.5 Å². The molecule has 2 unspecified atom stereocenters. The molecule has 0 saturated carbocycles. The van der Waals surface area contributed by atoms with Gasteiger partial charge in [-0.3, -0.25) is 37.3 Å². The van der Waals surface area contributed by atoms with Crippen LogP contribution in [-0.4, -0.2) is 96.7 Å². The van der Waals surface area contributed by atoms with E-state index in [4.69, 9.17) is 37.0 Å². The van der Waals surface area contributed by atoms with Gasteiger partial charge in [-0.2, -0.15) is 0 Å². The van der Waals surface area contributed by atoms with Crippen molar-refractivity contribution in [2.75, 3.05) is 39.6 Å². The predicted octanol–water partition coefficient (Wildman–Crippen LogP) is 20.3. The third-order valence-electron chi connectivity index (χ3n) is 16.4. The highest BCUT2D eigenvalue weighted by atomic mass is 31.2. The number of esters is 4. The Morgan fingerprint density at radius 1 is 0.270 bits per heavy atom. The molecule has 5 atom stereocenters. The third-order valence-corrected chi connectivity index (χ3v) is 18.3. The van der Waals surface area contributed by atoms with E-state index in [1.54, 1.807) is 0 Å². The van der Waals surface area contributed by atoms with E-state index in [2.05, 4.69) is 27.7 Å². The molecular weight excluding hydrogens is 1170 g/mol. The second kappa shape index (κ2) is 64.8. The van der Waals surface area contributed by atoms with Crippen LogP contribution in [0.4, 0.5) is 0 Å². The van der Waals surface area contributed by atoms with E-state index >= 15 is 0 Å². The molecule has 17 nitrogen and oxygen atoms in total. The number of aliphatic hydroxyl groups is 1. The molecule has 0 heterocycles. The van der Waals surface area contributed by atoms with Gasteiger partial charge in [0.2, 0.25) is 0 Å². The van der Waals surface area contributed by atoms with Crippen LogP contribution in [0.1, 0.15) is 368 Å². The second-order valence-electron chi connectivity index (χ2n) is 25.3. The molecule has 0 radical (unpaired) electrons. The van der Waals surface area contributed by atoms with Gasteiger partial charge in [0.1, 0.15) is 19.3 Å². The van der Waals surface area contributed by atoms with Crippen molar-refractivity contribution in [3.05, 3.63) is 0 Å². The van der Waals surface area contributed by atoms with Crippen molar-refractivity contribution in [2.24, 2.45) is 0 Å². The van der Waals surface area contributed by atoms with E-state index in [0.29, 0.717) is 25.7 Å². The first kappa shape index (κ1) is 87.1. The van der Waals surface area contributed by atoms with Crippen molar-refractivity contribution in [1.29, 1.82) is 0 Å². The third kappa shape index (κ3) is 64.6. The minimum atomic E-state index is -4.95. The van der Waals surface area contributed by atoms with Gasteiger partial charge in [0, 0.05) is 25.7 Å². The molecule has 19 heteroatoms. The highest BCUT2D eigenvalue weighted by molar-refractivity contribution is 7.47. The van der Waals surface area contributed by atoms with Gasteiger partial charge in [-0.15, -0.1) is 0 Å². The quantitative estimate of drug-likeness (QED) is 0.0222. The maximum absolute atomic E-state index is 13.0. The molecule has 0 aliphatic carbocycles. The van der Waals surface area contributed by atoms with Crippen LogP contribution in [0.2, 0.25) is 0 Å². The van der Waals surface area contributed by atoms with Crippen LogP contribution in [0.3, 0.4) is 0 Å². The molecule has 0 aliphatic heterocycles. The first-order valence-corrected chi connectivity index (χ1v) is 39.8. The van der Waals surface area contributed by atoms with Crippen LogP contribution in [-0.2, 0) is 65.4 Å². The fourth-order valence-electron chi connectivity index (χ4n) is 10.7. The fourth-order valence-corrected chi connectivity index (χ4v) is 12.3. The number of unbranched alkanes of at least 4 members (excludes halogenated alkanes) is 45. The number of carbonyl (C=O) groups is 4. The summed E-state index contributed by atoms with van der Waals surface area (Å²) in [6.07, 6.45) is 52.5. The second-order valence-corrected chi connectivity index (χ2v) is 28.2. The smallest absolute Gasteiger partial charge is 0.462 e. The normalized spacial score (nSPS) is 14.0. The van der Waals surface area contributed by atoms with E-state index in [9.17, 15) is 43.2 Å². The van der Waals surface area contributed by atoms with E-state index in [1.807, 2.05) is 0 Å². The first-order chi connectivity index (χ1) is 43.2.